The van der Waals surface area contributed by atoms with Gasteiger partial charge in [-0.05, 0) is 63.9 Å². The number of phosphoric ester groups is 1. The Hall–Kier alpha value is -5.94. The van der Waals surface area contributed by atoms with Crippen molar-refractivity contribution in [3.05, 3.63) is 161 Å². The first-order chi connectivity index (χ1) is 28.3. The molecule has 0 radical (unpaired) electrons. The fourth-order valence-corrected chi connectivity index (χ4v) is 8.26. The second kappa shape index (κ2) is 19.5. The van der Waals surface area contributed by atoms with E-state index in [2.05, 4.69) is 28.1 Å². The van der Waals surface area contributed by atoms with Crippen LogP contribution in [0.15, 0.2) is 133 Å². The van der Waals surface area contributed by atoms with Crippen LogP contribution in [0, 0.1) is 0 Å². The quantitative estimate of drug-likeness (QED) is 0.0598. The van der Waals surface area contributed by atoms with Crippen molar-refractivity contribution < 1.29 is 37.3 Å². The molecule has 1 saturated heterocycles. The molecule has 2 aliphatic rings. The zero-order valence-corrected chi connectivity index (χ0v) is 33.0. The standard InChI is InChI=1S/C45H47N4O8P/c50-43(46-25-11-27-49-28-12-26-47-44(49)51)42(48-45(52)54-32-41-39-19-9-7-17-37(39)38-18-8-10-20-40(38)41)29-33-21-23-36(24-22-33)57-58(53,55-30-34-13-3-1-4-14-34)56-31-35-15-5-2-6-16-35/h1-10,13-24,41-42H,11-12,25-32H2,(H,46,50)(H,47,51)(H,48,52)/t42-/m1/s1. The number of nitrogens with one attached hydrogen (secondary N) is 3. The molecule has 0 aromatic heterocycles. The number of ether oxygens (including phenoxy) is 1. The SMILES string of the molecule is O=C(N[C@H](Cc1ccc(OP(=O)(OCc2ccccc2)OCc2ccccc2)cc1)C(=O)NCCCN1CCCNC1=O)OCC1c2ccccc2-c2ccccc21. The summed E-state index contributed by atoms with van der Waals surface area (Å²) < 4.78 is 37.2. The number of amides is 4. The number of nitrogens with zero attached hydrogens (tertiary/aromatic N) is 1. The third kappa shape index (κ3) is 10.7. The first kappa shape index (κ1) is 40.3. The number of urea groups is 1. The first-order valence-electron chi connectivity index (χ1n) is 19.5. The monoisotopic (exact) mass is 802 g/mol. The predicted octanol–water partition coefficient (Wildman–Crippen LogP) is 7.98. The van der Waals surface area contributed by atoms with Crippen LogP contribution in [-0.2, 0) is 42.8 Å². The second-order valence-corrected chi connectivity index (χ2v) is 15.7. The van der Waals surface area contributed by atoms with Crippen LogP contribution in [0.1, 0.15) is 46.6 Å². The average molecular weight is 803 g/mol. The summed E-state index contributed by atoms with van der Waals surface area (Å²) >= 11 is 0. The largest absolute Gasteiger partial charge is 0.530 e. The van der Waals surface area contributed by atoms with E-state index in [1.54, 1.807) is 29.2 Å². The summed E-state index contributed by atoms with van der Waals surface area (Å²) in [5.74, 6) is -0.306. The van der Waals surface area contributed by atoms with Crippen molar-refractivity contribution in [2.24, 2.45) is 0 Å². The van der Waals surface area contributed by atoms with Crippen LogP contribution in [-0.4, -0.2) is 61.8 Å². The van der Waals surface area contributed by atoms with Gasteiger partial charge in [-0.1, -0.05) is 121 Å². The summed E-state index contributed by atoms with van der Waals surface area (Å²) in [6.07, 6.45) is 0.811. The minimum atomic E-state index is -4.10. The molecule has 7 rings (SSSR count). The van der Waals surface area contributed by atoms with E-state index in [1.807, 2.05) is 97.1 Å². The molecule has 0 bridgehead atoms. The fraction of sp³-hybridized carbons (Fsp3) is 0.267. The summed E-state index contributed by atoms with van der Waals surface area (Å²) in [6, 6.07) is 40.4. The van der Waals surface area contributed by atoms with Crippen molar-refractivity contribution in [2.75, 3.05) is 32.8 Å². The van der Waals surface area contributed by atoms with E-state index >= 15 is 0 Å². The Morgan fingerprint density at radius 1 is 0.759 bits per heavy atom. The molecule has 0 saturated carbocycles. The van der Waals surface area contributed by atoms with E-state index in [0.717, 1.165) is 39.8 Å². The van der Waals surface area contributed by atoms with Gasteiger partial charge in [0.15, 0.2) is 0 Å². The van der Waals surface area contributed by atoms with Crippen LogP contribution in [0.2, 0.25) is 0 Å². The molecule has 300 valence electrons. The highest BCUT2D eigenvalue weighted by Crippen LogP contribution is 2.51. The van der Waals surface area contributed by atoms with Crippen LogP contribution in [0.3, 0.4) is 0 Å². The fourth-order valence-electron chi connectivity index (χ4n) is 7.09. The highest BCUT2D eigenvalue weighted by atomic mass is 31.2. The molecule has 1 aliphatic heterocycles. The average Bonchev–Trinajstić information content (AvgIpc) is 3.58. The number of hydrogen-bond donors (Lipinski definition) is 3. The number of carbonyl (C=O) groups is 3. The topological polar surface area (TPSA) is 145 Å². The van der Waals surface area contributed by atoms with Gasteiger partial charge in [0.1, 0.15) is 18.4 Å². The minimum Gasteiger partial charge on any atom is -0.449 e. The van der Waals surface area contributed by atoms with Gasteiger partial charge in [0, 0.05) is 38.5 Å². The molecular weight excluding hydrogens is 755 g/mol. The normalized spacial score (nSPS) is 14.1. The minimum absolute atomic E-state index is 0.00848. The Morgan fingerprint density at radius 3 is 1.95 bits per heavy atom. The van der Waals surface area contributed by atoms with E-state index in [1.165, 1.54) is 0 Å². The third-order valence-electron chi connectivity index (χ3n) is 10.1. The molecule has 0 unspecified atom stereocenters. The number of hydrogen-bond acceptors (Lipinski definition) is 8. The molecule has 1 aliphatic carbocycles. The van der Waals surface area contributed by atoms with Gasteiger partial charge >= 0.3 is 19.9 Å². The Labute approximate surface area is 338 Å². The van der Waals surface area contributed by atoms with Crippen molar-refractivity contribution in [1.82, 2.24) is 20.9 Å². The van der Waals surface area contributed by atoms with Crippen LogP contribution in [0.4, 0.5) is 9.59 Å². The van der Waals surface area contributed by atoms with E-state index in [-0.39, 0.29) is 43.9 Å². The van der Waals surface area contributed by atoms with Gasteiger partial charge in [0.2, 0.25) is 5.91 Å². The van der Waals surface area contributed by atoms with Crippen LogP contribution in [0.25, 0.3) is 11.1 Å². The van der Waals surface area contributed by atoms with Gasteiger partial charge in [-0.2, -0.15) is 0 Å². The summed E-state index contributed by atoms with van der Waals surface area (Å²) in [7, 11) is -4.10. The Morgan fingerprint density at radius 2 is 1.34 bits per heavy atom. The molecule has 5 aromatic rings. The maximum Gasteiger partial charge on any atom is 0.530 e. The van der Waals surface area contributed by atoms with Crippen LogP contribution < -0.4 is 20.5 Å². The lowest BCUT2D eigenvalue weighted by Crippen LogP contribution is -2.49. The molecule has 1 heterocycles. The molecule has 1 fully saturated rings. The molecular formula is C45H47N4O8P. The van der Waals surface area contributed by atoms with Crippen LogP contribution >= 0.6 is 7.82 Å². The predicted molar refractivity (Wildman–Crippen MR) is 220 cm³/mol. The highest BCUT2D eigenvalue weighted by Gasteiger charge is 2.31. The van der Waals surface area contributed by atoms with Crippen molar-refractivity contribution in [2.45, 2.75) is 44.4 Å². The number of rotatable bonds is 18. The number of fused-ring (bicyclic) bond motifs is 3. The van der Waals surface area contributed by atoms with Crippen molar-refractivity contribution >= 4 is 25.9 Å². The van der Waals surface area contributed by atoms with E-state index < -0.39 is 25.9 Å². The maximum absolute atomic E-state index is 13.9. The Balaban J connectivity index is 1.01. The van der Waals surface area contributed by atoms with Gasteiger partial charge in [-0.3, -0.25) is 13.8 Å². The number of carbonyl (C=O) groups excluding carboxylic acids is 3. The highest BCUT2D eigenvalue weighted by molar-refractivity contribution is 7.48. The third-order valence-corrected chi connectivity index (χ3v) is 11.4. The van der Waals surface area contributed by atoms with Crippen molar-refractivity contribution in [3.8, 4) is 16.9 Å². The van der Waals surface area contributed by atoms with Crippen LogP contribution in [0.5, 0.6) is 5.75 Å². The van der Waals surface area contributed by atoms with E-state index in [4.69, 9.17) is 18.3 Å². The summed E-state index contributed by atoms with van der Waals surface area (Å²) in [4.78, 5) is 40.9. The molecule has 58 heavy (non-hydrogen) atoms. The molecule has 5 aromatic carbocycles. The van der Waals surface area contributed by atoms with Gasteiger partial charge in [-0.15, -0.1) is 0 Å². The lowest BCUT2D eigenvalue weighted by Gasteiger charge is -2.27. The van der Waals surface area contributed by atoms with Gasteiger partial charge in [0.25, 0.3) is 0 Å². The second-order valence-electron chi connectivity index (χ2n) is 14.1. The molecule has 12 nitrogen and oxygen atoms in total. The number of benzene rings is 5. The van der Waals surface area contributed by atoms with E-state index in [9.17, 15) is 18.9 Å². The molecule has 13 heteroatoms. The van der Waals surface area contributed by atoms with Gasteiger partial charge < -0.3 is 30.1 Å². The molecule has 1 atom stereocenters. The molecule has 3 N–H and O–H groups in total. The lowest BCUT2D eigenvalue weighted by atomic mass is 9.98. The molecule has 0 spiro atoms. The maximum atomic E-state index is 13.9. The van der Waals surface area contributed by atoms with Crippen molar-refractivity contribution in [3.63, 3.8) is 0 Å². The number of phosphoric acid groups is 1. The zero-order valence-electron chi connectivity index (χ0n) is 32.1. The van der Waals surface area contributed by atoms with Gasteiger partial charge in [-0.25, -0.2) is 14.2 Å². The first-order valence-corrected chi connectivity index (χ1v) is 21.0. The number of alkyl carbamates (subject to hydrolysis) is 1. The summed E-state index contributed by atoms with van der Waals surface area (Å²) in [5, 5.41) is 8.54. The zero-order chi connectivity index (χ0) is 40.2. The van der Waals surface area contributed by atoms with Gasteiger partial charge in [0.05, 0.1) is 13.2 Å². The van der Waals surface area contributed by atoms with E-state index in [0.29, 0.717) is 38.2 Å². The molecule has 4 amide bonds. The Bertz CT molecular complexity index is 2110. The summed E-state index contributed by atoms with van der Waals surface area (Å²) in [6.45, 7) is 2.23. The van der Waals surface area contributed by atoms with Crippen molar-refractivity contribution in [1.29, 1.82) is 0 Å². The lowest BCUT2D eigenvalue weighted by molar-refractivity contribution is -0.123. The smallest absolute Gasteiger partial charge is 0.449 e. The summed E-state index contributed by atoms with van der Waals surface area (Å²) in [5.41, 5.74) is 6.68. The Kier molecular flexibility index (Phi) is 13.5.